The molecule has 2 aromatic rings. The highest BCUT2D eigenvalue weighted by Gasteiger charge is 2.38. The smallest absolute Gasteiger partial charge is 0.318 e. The first-order valence-electron chi connectivity index (χ1n) is 10.5. The van der Waals surface area contributed by atoms with E-state index in [2.05, 4.69) is 47.3 Å². The average molecular weight is 395 g/mol. The number of carbonyl (C=O) groups is 2. The first kappa shape index (κ1) is 19.6. The molecular weight excluding hydrogens is 364 g/mol. The Labute approximate surface area is 172 Å². The van der Waals surface area contributed by atoms with Crippen LogP contribution in [0.2, 0.25) is 0 Å². The van der Waals surface area contributed by atoms with Gasteiger partial charge in [-0.1, -0.05) is 29.8 Å². The third kappa shape index (κ3) is 4.16. The molecule has 29 heavy (non-hydrogen) atoms. The Hall–Kier alpha value is -2.76. The fourth-order valence-electron chi connectivity index (χ4n) is 4.16. The minimum Gasteiger partial charge on any atom is -0.348 e. The summed E-state index contributed by atoms with van der Waals surface area (Å²) in [6, 6.07) is 12.5. The molecule has 1 aromatic heterocycles. The number of rotatable bonds is 5. The van der Waals surface area contributed by atoms with E-state index in [1.165, 1.54) is 5.56 Å². The second kappa shape index (κ2) is 7.93. The number of hydrogen-bond donors (Lipinski definition) is 1. The maximum Gasteiger partial charge on any atom is 0.318 e. The predicted molar refractivity (Wildman–Crippen MR) is 113 cm³/mol. The summed E-state index contributed by atoms with van der Waals surface area (Å²) in [6.07, 6.45) is 4.03. The molecule has 0 spiro atoms. The normalized spacial score (nSPS) is 18.5. The van der Waals surface area contributed by atoms with Crippen LogP contribution < -0.4 is 5.32 Å². The molecule has 2 heterocycles. The Bertz CT molecular complexity index is 900. The lowest BCUT2D eigenvalue weighted by atomic mass is 9.98. The topological polar surface area (TPSA) is 57.6 Å². The van der Waals surface area contributed by atoms with E-state index >= 15 is 0 Å². The molecule has 1 aliphatic carbocycles. The van der Waals surface area contributed by atoms with E-state index in [-0.39, 0.29) is 36.6 Å². The maximum absolute atomic E-state index is 13.4. The molecule has 6 nitrogen and oxygen atoms in total. The summed E-state index contributed by atoms with van der Waals surface area (Å²) in [5.41, 5.74) is 3.41. The van der Waals surface area contributed by atoms with Crippen molar-refractivity contribution in [3.05, 3.63) is 59.4 Å². The van der Waals surface area contributed by atoms with E-state index in [0.29, 0.717) is 6.54 Å². The average Bonchev–Trinajstić information content (AvgIpc) is 3.40. The summed E-state index contributed by atoms with van der Waals surface area (Å²) in [7, 11) is 0. The van der Waals surface area contributed by atoms with Gasteiger partial charge in [-0.3, -0.25) is 4.79 Å². The van der Waals surface area contributed by atoms with Crippen molar-refractivity contribution >= 4 is 11.9 Å². The lowest BCUT2D eigenvalue weighted by Gasteiger charge is -2.38. The van der Waals surface area contributed by atoms with Gasteiger partial charge in [-0.25, -0.2) is 4.79 Å². The second-order valence-corrected chi connectivity index (χ2v) is 8.49. The number of aryl methyl sites for hydroxylation is 1. The van der Waals surface area contributed by atoms with Gasteiger partial charge in [-0.05, 0) is 51.3 Å². The lowest BCUT2D eigenvalue weighted by Crippen LogP contribution is -2.51. The quantitative estimate of drug-likeness (QED) is 0.846. The predicted octanol–water partition coefficient (Wildman–Crippen LogP) is 3.31. The zero-order chi connectivity index (χ0) is 20.5. The van der Waals surface area contributed by atoms with Crippen molar-refractivity contribution in [2.75, 3.05) is 13.1 Å². The third-order valence-electron chi connectivity index (χ3n) is 5.68. The van der Waals surface area contributed by atoms with Crippen LogP contribution in [-0.4, -0.2) is 51.5 Å². The van der Waals surface area contributed by atoms with Crippen molar-refractivity contribution < 1.29 is 9.59 Å². The van der Waals surface area contributed by atoms with E-state index in [4.69, 9.17) is 0 Å². The molecular formula is C23H30N4O2. The number of carbonyl (C=O) groups excluding carboxylic acids is 2. The van der Waals surface area contributed by atoms with Crippen molar-refractivity contribution in [1.29, 1.82) is 0 Å². The minimum absolute atomic E-state index is 0.00904. The van der Waals surface area contributed by atoms with Crippen LogP contribution in [0.3, 0.4) is 0 Å². The fourth-order valence-corrected chi connectivity index (χ4v) is 4.16. The fraction of sp³-hybridized carbons (Fsp3) is 0.478. The maximum atomic E-state index is 13.4. The monoisotopic (exact) mass is 394 g/mol. The highest BCUT2D eigenvalue weighted by Crippen LogP contribution is 2.34. The van der Waals surface area contributed by atoms with Crippen LogP contribution in [-0.2, 0) is 11.3 Å². The Morgan fingerprint density at radius 1 is 1.17 bits per heavy atom. The van der Waals surface area contributed by atoms with Crippen LogP contribution in [0, 0.1) is 6.92 Å². The van der Waals surface area contributed by atoms with Crippen LogP contribution in [0.25, 0.3) is 0 Å². The molecule has 3 amide bonds. The highest BCUT2D eigenvalue weighted by atomic mass is 16.2. The van der Waals surface area contributed by atoms with Crippen LogP contribution in [0.5, 0.6) is 0 Å². The number of nitrogens with one attached hydrogen (secondary N) is 1. The highest BCUT2D eigenvalue weighted by molar-refractivity contribution is 5.85. The van der Waals surface area contributed by atoms with E-state index in [9.17, 15) is 9.59 Å². The SMILES string of the molecule is Cc1cccc(C2c3cccn3CCN2C(=O)CN(C(=O)NC(C)C)C2CC2)c1. The van der Waals surface area contributed by atoms with Gasteiger partial charge in [0, 0.05) is 37.1 Å². The van der Waals surface area contributed by atoms with Crippen LogP contribution >= 0.6 is 0 Å². The molecule has 1 atom stereocenters. The summed E-state index contributed by atoms with van der Waals surface area (Å²) in [6.45, 7) is 7.50. The number of urea groups is 1. The Balaban J connectivity index is 1.60. The third-order valence-corrected chi connectivity index (χ3v) is 5.68. The number of hydrogen-bond acceptors (Lipinski definition) is 2. The number of benzene rings is 1. The van der Waals surface area contributed by atoms with Gasteiger partial charge in [0.1, 0.15) is 6.54 Å². The molecule has 0 saturated heterocycles. The van der Waals surface area contributed by atoms with E-state index < -0.39 is 0 Å². The summed E-state index contributed by atoms with van der Waals surface area (Å²) in [5, 5.41) is 2.95. The van der Waals surface area contributed by atoms with Crippen molar-refractivity contribution in [2.24, 2.45) is 0 Å². The van der Waals surface area contributed by atoms with Crippen molar-refractivity contribution in [3.63, 3.8) is 0 Å². The number of fused-ring (bicyclic) bond motifs is 1. The zero-order valence-electron chi connectivity index (χ0n) is 17.5. The number of nitrogens with zero attached hydrogens (tertiary/aromatic N) is 3. The molecule has 1 saturated carbocycles. The van der Waals surface area contributed by atoms with Crippen LogP contribution in [0.4, 0.5) is 4.79 Å². The van der Waals surface area contributed by atoms with Gasteiger partial charge in [-0.2, -0.15) is 0 Å². The first-order valence-corrected chi connectivity index (χ1v) is 10.5. The molecule has 2 aliphatic rings. The van der Waals surface area contributed by atoms with Gasteiger partial charge in [0.15, 0.2) is 0 Å². The summed E-state index contributed by atoms with van der Waals surface area (Å²) < 4.78 is 2.22. The molecule has 1 aliphatic heterocycles. The molecule has 1 fully saturated rings. The molecule has 1 N–H and O–H groups in total. The molecule has 1 unspecified atom stereocenters. The second-order valence-electron chi connectivity index (χ2n) is 8.49. The van der Waals surface area contributed by atoms with Gasteiger partial charge in [0.25, 0.3) is 0 Å². The van der Waals surface area contributed by atoms with E-state index in [1.807, 2.05) is 30.9 Å². The van der Waals surface area contributed by atoms with Crippen LogP contribution in [0.1, 0.15) is 49.6 Å². The molecule has 4 rings (SSSR count). The van der Waals surface area contributed by atoms with Crippen molar-refractivity contribution in [2.45, 2.75) is 58.3 Å². The first-order chi connectivity index (χ1) is 13.9. The van der Waals surface area contributed by atoms with E-state index in [1.54, 1.807) is 4.90 Å². The van der Waals surface area contributed by atoms with Crippen molar-refractivity contribution in [1.82, 2.24) is 19.7 Å². The largest absolute Gasteiger partial charge is 0.348 e. The van der Waals surface area contributed by atoms with Crippen molar-refractivity contribution in [3.8, 4) is 0 Å². The van der Waals surface area contributed by atoms with Gasteiger partial charge in [0.05, 0.1) is 6.04 Å². The Morgan fingerprint density at radius 2 is 1.97 bits per heavy atom. The Kier molecular flexibility index (Phi) is 5.35. The summed E-state index contributed by atoms with van der Waals surface area (Å²) in [5.74, 6) is 0.00904. The standard InChI is InChI=1S/C23H30N4O2/c1-16(2)24-23(29)27(19-9-10-19)15-21(28)26-13-12-25-11-5-8-20(25)22(26)18-7-4-6-17(3)14-18/h4-8,11,14,16,19,22H,9-10,12-13,15H2,1-3H3,(H,24,29). The van der Waals surface area contributed by atoms with Crippen LogP contribution in [0.15, 0.2) is 42.6 Å². The molecule has 0 bridgehead atoms. The number of amides is 3. The summed E-state index contributed by atoms with van der Waals surface area (Å²) >= 11 is 0. The van der Waals surface area contributed by atoms with Gasteiger partial charge in [0.2, 0.25) is 5.91 Å². The van der Waals surface area contributed by atoms with Gasteiger partial charge in [-0.15, -0.1) is 0 Å². The summed E-state index contributed by atoms with van der Waals surface area (Å²) in [4.78, 5) is 29.7. The lowest BCUT2D eigenvalue weighted by molar-refractivity contribution is -0.134. The number of aromatic nitrogens is 1. The molecule has 1 aromatic carbocycles. The van der Waals surface area contributed by atoms with E-state index in [0.717, 1.165) is 30.6 Å². The molecule has 154 valence electrons. The van der Waals surface area contributed by atoms with Gasteiger partial charge < -0.3 is 19.7 Å². The Morgan fingerprint density at radius 3 is 2.66 bits per heavy atom. The zero-order valence-corrected chi connectivity index (χ0v) is 17.5. The minimum atomic E-state index is -0.136. The van der Waals surface area contributed by atoms with Gasteiger partial charge >= 0.3 is 6.03 Å². The molecule has 0 radical (unpaired) electrons. The molecule has 6 heteroatoms.